The first kappa shape index (κ1) is 17.1. The van der Waals surface area contributed by atoms with E-state index in [2.05, 4.69) is 21.0 Å². The molecule has 1 N–H and O–H groups in total. The molecule has 0 bridgehead atoms. The number of carboxylic acid groups (broad SMARTS) is 1. The molecule has 2 heterocycles. The Kier molecular flexibility index (Phi) is 4.50. The zero-order valence-corrected chi connectivity index (χ0v) is 15.3. The summed E-state index contributed by atoms with van der Waals surface area (Å²) in [4.78, 5) is 11.5. The van der Waals surface area contributed by atoms with Crippen LogP contribution in [0.15, 0.2) is 28.7 Å². The fraction of sp³-hybridized carbons (Fsp3) is 0.333. The number of carbonyl (C=O) groups is 1. The molecule has 0 spiro atoms. The second-order valence-electron chi connectivity index (χ2n) is 5.45. The third-order valence-corrected chi connectivity index (χ3v) is 6.41. The Bertz CT molecular complexity index is 890. The van der Waals surface area contributed by atoms with Crippen LogP contribution in [0.25, 0.3) is 5.69 Å². The first-order valence-electron chi connectivity index (χ1n) is 7.41. The van der Waals surface area contributed by atoms with E-state index < -0.39 is 16.0 Å². The zero-order valence-electron chi connectivity index (χ0n) is 12.9. The molecule has 1 aromatic heterocycles. The summed E-state index contributed by atoms with van der Waals surface area (Å²) in [5, 5.41) is 13.7. The molecule has 9 heteroatoms. The van der Waals surface area contributed by atoms with Crippen LogP contribution in [0.1, 0.15) is 28.7 Å². The van der Waals surface area contributed by atoms with Crippen molar-refractivity contribution < 1.29 is 18.3 Å². The predicted octanol–water partition coefficient (Wildman–Crippen LogP) is 2.04. The molecular formula is C15H16BrN3O4S. The van der Waals surface area contributed by atoms with Gasteiger partial charge in [-0.05, 0) is 31.2 Å². The Labute approximate surface area is 148 Å². The highest BCUT2D eigenvalue weighted by Crippen LogP contribution is 2.27. The maximum absolute atomic E-state index is 12.1. The Morgan fingerprint density at radius 2 is 2.00 bits per heavy atom. The van der Waals surface area contributed by atoms with E-state index in [-0.39, 0.29) is 18.0 Å². The van der Waals surface area contributed by atoms with E-state index in [9.17, 15) is 18.3 Å². The van der Waals surface area contributed by atoms with Gasteiger partial charge >= 0.3 is 5.97 Å². The lowest BCUT2D eigenvalue weighted by molar-refractivity contribution is 0.0688. The zero-order chi connectivity index (χ0) is 17.5. The molecule has 0 unspecified atom stereocenters. The third kappa shape index (κ3) is 2.99. The Balaban J connectivity index is 2.09. The van der Waals surface area contributed by atoms with Gasteiger partial charge in [0.25, 0.3) is 0 Å². The molecule has 0 saturated carbocycles. The summed E-state index contributed by atoms with van der Waals surface area (Å²) in [6, 6.07) is 7.36. The van der Waals surface area contributed by atoms with Crippen LogP contribution >= 0.6 is 15.9 Å². The highest BCUT2D eigenvalue weighted by Gasteiger charge is 2.32. The second-order valence-corrected chi connectivity index (χ2v) is 8.62. The van der Waals surface area contributed by atoms with Crippen LogP contribution in [0.2, 0.25) is 0 Å². The topological polar surface area (TPSA) is 92.5 Å². The largest absolute Gasteiger partial charge is 0.476 e. The maximum Gasteiger partial charge on any atom is 0.356 e. The molecule has 0 saturated heterocycles. The van der Waals surface area contributed by atoms with Crippen LogP contribution in [0.3, 0.4) is 0 Å². The van der Waals surface area contributed by atoms with Crippen molar-refractivity contribution in [2.45, 2.75) is 19.9 Å². The summed E-state index contributed by atoms with van der Waals surface area (Å²) >= 11 is 3.36. The molecular weight excluding hydrogens is 398 g/mol. The van der Waals surface area contributed by atoms with E-state index >= 15 is 0 Å². The molecule has 0 aliphatic carbocycles. The van der Waals surface area contributed by atoms with Crippen LogP contribution in [0.4, 0.5) is 0 Å². The highest BCUT2D eigenvalue weighted by molar-refractivity contribution is 9.10. The van der Waals surface area contributed by atoms with Crippen molar-refractivity contribution in [1.82, 2.24) is 14.1 Å². The molecule has 1 aromatic carbocycles. The highest BCUT2D eigenvalue weighted by atomic mass is 79.9. The number of rotatable bonds is 4. The van der Waals surface area contributed by atoms with Crippen molar-refractivity contribution >= 4 is 31.9 Å². The van der Waals surface area contributed by atoms with Crippen molar-refractivity contribution in [3.8, 4) is 5.69 Å². The third-order valence-electron chi connectivity index (χ3n) is 4.05. The van der Waals surface area contributed by atoms with Gasteiger partial charge in [-0.25, -0.2) is 17.9 Å². The number of halogens is 1. The van der Waals surface area contributed by atoms with Gasteiger partial charge in [-0.2, -0.15) is 9.40 Å². The number of hydrogen-bond donors (Lipinski definition) is 1. The Hall–Kier alpha value is -1.71. The van der Waals surface area contributed by atoms with Gasteiger partial charge in [0.15, 0.2) is 5.69 Å². The first-order valence-corrected chi connectivity index (χ1v) is 9.81. The second kappa shape index (κ2) is 6.30. The lowest BCUT2D eigenvalue weighted by Gasteiger charge is -2.26. The van der Waals surface area contributed by atoms with Crippen LogP contribution < -0.4 is 0 Å². The van der Waals surface area contributed by atoms with Gasteiger partial charge in [0.1, 0.15) is 0 Å². The summed E-state index contributed by atoms with van der Waals surface area (Å²) < 4.78 is 28.0. The fourth-order valence-electron chi connectivity index (χ4n) is 2.78. The van der Waals surface area contributed by atoms with Gasteiger partial charge in [-0.3, -0.25) is 0 Å². The average molecular weight is 414 g/mol. The summed E-state index contributed by atoms with van der Waals surface area (Å²) in [5.74, 6) is -1.16. The molecule has 1 aliphatic rings. The van der Waals surface area contributed by atoms with E-state index in [0.29, 0.717) is 18.5 Å². The van der Waals surface area contributed by atoms with Crippen molar-refractivity contribution in [2.75, 3.05) is 12.3 Å². The summed E-state index contributed by atoms with van der Waals surface area (Å²) in [7, 11) is -3.37. The molecule has 24 heavy (non-hydrogen) atoms. The van der Waals surface area contributed by atoms with Crippen LogP contribution in [-0.2, 0) is 23.0 Å². The number of benzene rings is 1. The van der Waals surface area contributed by atoms with E-state index in [1.807, 2.05) is 24.3 Å². The minimum absolute atomic E-state index is 0.00835. The number of aromatic nitrogens is 2. The van der Waals surface area contributed by atoms with E-state index in [0.717, 1.165) is 15.9 Å². The first-order chi connectivity index (χ1) is 11.3. The van der Waals surface area contributed by atoms with Crippen molar-refractivity contribution in [3.63, 3.8) is 0 Å². The summed E-state index contributed by atoms with van der Waals surface area (Å²) in [6.07, 6.45) is 0.422. The molecule has 0 amide bonds. The molecule has 1 aliphatic heterocycles. The molecule has 0 atom stereocenters. The quantitative estimate of drug-likeness (QED) is 0.827. The van der Waals surface area contributed by atoms with E-state index in [1.54, 1.807) is 11.6 Å². The number of carboxylic acids is 1. The minimum atomic E-state index is -3.37. The van der Waals surface area contributed by atoms with Gasteiger partial charge in [-0.15, -0.1) is 0 Å². The number of sulfonamides is 1. The summed E-state index contributed by atoms with van der Waals surface area (Å²) in [6.45, 7) is 1.95. The maximum atomic E-state index is 12.1. The van der Waals surface area contributed by atoms with Gasteiger partial charge in [0, 0.05) is 29.5 Å². The van der Waals surface area contributed by atoms with Crippen LogP contribution in [0.5, 0.6) is 0 Å². The molecule has 0 fully saturated rings. The predicted molar refractivity (Wildman–Crippen MR) is 91.8 cm³/mol. The number of hydrogen-bond acceptors (Lipinski definition) is 4. The van der Waals surface area contributed by atoms with Gasteiger partial charge in [0.2, 0.25) is 10.0 Å². The average Bonchev–Trinajstić information content (AvgIpc) is 2.94. The summed E-state index contributed by atoms with van der Waals surface area (Å²) in [5.41, 5.74) is 1.86. The standard InChI is InChI=1S/C15H16BrN3O4S/c1-2-24(22,23)18-8-7-13-12(9-18)14(15(20)21)17-19(13)11-5-3-10(16)4-6-11/h3-6H,2,7-9H2,1H3,(H,20,21). The number of fused-ring (bicyclic) bond motifs is 1. The lowest BCUT2D eigenvalue weighted by atomic mass is 10.1. The molecule has 128 valence electrons. The number of nitrogens with zero attached hydrogens (tertiary/aromatic N) is 3. The van der Waals surface area contributed by atoms with E-state index in [1.165, 1.54) is 4.31 Å². The van der Waals surface area contributed by atoms with Crippen molar-refractivity contribution in [1.29, 1.82) is 0 Å². The van der Waals surface area contributed by atoms with Crippen LogP contribution in [0, 0.1) is 0 Å². The molecule has 0 radical (unpaired) electrons. The van der Waals surface area contributed by atoms with Crippen molar-refractivity contribution in [2.24, 2.45) is 0 Å². The van der Waals surface area contributed by atoms with Crippen molar-refractivity contribution in [3.05, 3.63) is 45.7 Å². The SMILES string of the molecule is CCS(=O)(=O)N1CCc2c(c(C(=O)O)nn2-c2ccc(Br)cc2)C1. The van der Waals surface area contributed by atoms with Gasteiger partial charge < -0.3 is 5.11 Å². The Morgan fingerprint density at radius 3 is 2.58 bits per heavy atom. The van der Waals surface area contributed by atoms with Gasteiger partial charge in [0.05, 0.1) is 17.1 Å². The van der Waals surface area contributed by atoms with Crippen LogP contribution in [-0.4, -0.2) is 45.9 Å². The number of aromatic carboxylic acids is 1. The van der Waals surface area contributed by atoms with E-state index in [4.69, 9.17) is 0 Å². The monoisotopic (exact) mass is 413 g/mol. The normalized spacial score (nSPS) is 15.2. The Morgan fingerprint density at radius 1 is 1.33 bits per heavy atom. The molecule has 3 rings (SSSR count). The molecule has 2 aromatic rings. The minimum Gasteiger partial charge on any atom is -0.476 e. The molecule has 7 nitrogen and oxygen atoms in total. The fourth-order valence-corrected chi connectivity index (χ4v) is 4.11. The van der Waals surface area contributed by atoms with Gasteiger partial charge in [-0.1, -0.05) is 15.9 Å². The lowest BCUT2D eigenvalue weighted by Crippen LogP contribution is -2.37. The smallest absolute Gasteiger partial charge is 0.356 e.